The van der Waals surface area contributed by atoms with E-state index in [4.69, 9.17) is 18.9 Å². The summed E-state index contributed by atoms with van der Waals surface area (Å²) in [6, 6.07) is 20.7. The number of amides is 1. The summed E-state index contributed by atoms with van der Waals surface area (Å²) in [6.45, 7) is 0.328. The molecule has 168 valence electrons. The number of benzene rings is 3. The molecule has 33 heavy (non-hydrogen) atoms. The molecule has 1 N–H and O–H groups in total. The summed E-state index contributed by atoms with van der Waals surface area (Å²) < 4.78 is 21.2. The second kappa shape index (κ2) is 8.86. The van der Waals surface area contributed by atoms with Gasteiger partial charge in [0.2, 0.25) is 6.79 Å². The van der Waals surface area contributed by atoms with Crippen LogP contribution in [0, 0.1) is 0 Å². The Balaban J connectivity index is 1.27. The predicted octanol–water partition coefficient (Wildman–Crippen LogP) is 4.04. The minimum absolute atomic E-state index is 0.0615. The molecular weight excluding hydrogens is 422 g/mol. The first kappa shape index (κ1) is 20.9. The number of methoxy groups -OCH3 is 1. The number of carbonyl (C=O) groups excluding carboxylic acids is 2. The molecule has 0 aromatic heterocycles. The zero-order chi connectivity index (χ0) is 22.8. The van der Waals surface area contributed by atoms with Gasteiger partial charge >= 0.3 is 12.1 Å². The molecule has 0 spiro atoms. The van der Waals surface area contributed by atoms with Gasteiger partial charge in [0.05, 0.1) is 7.11 Å². The smallest absolute Gasteiger partial charge is 0.407 e. The van der Waals surface area contributed by atoms with Gasteiger partial charge in [-0.1, -0.05) is 54.6 Å². The highest BCUT2D eigenvalue weighted by Gasteiger charge is 2.30. The molecule has 1 aliphatic carbocycles. The minimum Gasteiger partial charge on any atom is -0.467 e. The first-order valence-corrected chi connectivity index (χ1v) is 10.7. The number of ether oxygens (including phenoxy) is 4. The summed E-state index contributed by atoms with van der Waals surface area (Å²) >= 11 is 0. The lowest BCUT2D eigenvalue weighted by molar-refractivity contribution is -0.143. The average Bonchev–Trinajstić information content (AvgIpc) is 3.44. The molecule has 7 heteroatoms. The Kier molecular flexibility index (Phi) is 5.60. The Labute approximate surface area is 191 Å². The number of carbonyl (C=O) groups is 2. The summed E-state index contributed by atoms with van der Waals surface area (Å²) in [5, 5.41) is 2.65. The highest BCUT2D eigenvalue weighted by Crippen LogP contribution is 2.44. The largest absolute Gasteiger partial charge is 0.467 e. The van der Waals surface area contributed by atoms with Crippen molar-refractivity contribution in [2.45, 2.75) is 18.4 Å². The fraction of sp³-hybridized carbons (Fsp3) is 0.231. The van der Waals surface area contributed by atoms with E-state index < -0.39 is 18.1 Å². The van der Waals surface area contributed by atoms with Crippen LogP contribution in [0.25, 0.3) is 11.1 Å². The molecule has 3 aromatic carbocycles. The van der Waals surface area contributed by atoms with Crippen molar-refractivity contribution >= 4 is 12.1 Å². The zero-order valence-electron chi connectivity index (χ0n) is 18.1. The maximum absolute atomic E-state index is 12.6. The molecule has 1 heterocycles. The topological polar surface area (TPSA) is 83.1 Å². The lowest BCUT2D eigenvalue weighted by Crippen LogP contribution is -2.43. The molecule has 7 nitrogen and oxygen atoms in total. The first-order valence-electron chi connectivity index (χ1n) is 10.7. The molecule has 0 saturated carbocycles. The van der Waals surface area contributed by atoms with Gasteiger partial charge in [0, 0.05) is 12.3 Å². The van der Waals surface area contributed by atoms with Crippen LogP contribution in [0.4, 0.5) is 4.79 Å². The van der Waals surface area contributed by atoms with Crippen molar-refractivity contribution in [3.05, 3.63) is 83.4 Å². The molecule has 0 radical (unpaired) electrons. The molecular formula is C26H23NO6. The third kappa shape index (κ3) is 4.09. The lowest BCUT2D eigenvalue weighted by Gasteiger charge is -2.18. The Morgan fingerprint density at radius 2 is 1.64 bits per heavy atom. The van der Waals surface area contributed by atoms with Crippen LogP contribution in [0.5, 0.6) is 11.5 Å². The molecule has 1 amide bonds. The van der Waals surface area contributed by atoms with E-state index in [1.807, 2.05) is 30.3 Å². The Hall–Kier alpha value is -4.00. The predicted molar refractivity (Wildman–Crippen MR) is 120 cm³/mol. The number of fused-ring (bicyclic) bond motifs is 4. The maximum atomic E-state index is 12.6. The number of esters is 1. The highest BCUT2D eigenvalue weighted by molar-refractivity contribution is 5.82. The number of hydrogen-bond donors (Lipinski definition) is 1. The van der Waals surface area contributed by atoms with Crippen LogP contribution in [-0.4, -0.2) is 38.6 Å². The number of alkyl carbamates (subject to hydrolysis) is 1. The van der Waals surface area contributed by atoms with Crippen molar-refractivity contribution in [1.82, 2.24) is 5.32 Å². The molecule has 3 aromatic rings. The standard InChI is InChI=1S/C26H23NO6/c1-30-25(28)22(12-16-10-11-23-24(13-16)33-15-32-23)27-26(29)31-14-21-19-8-4-2-6-17(19)18-7-3-5-9-20(18)21/h2-11,13,21-22H,12,14-15H2,1H3,(H,27,29)/t22-/m0/s1. The van der Waals surface area contributed by atoms with Crippen LogP contribution in [0.15, 0.2) is 66.7 Å². The first-order chi connectivity index (χ1) is 16.1. The minimum atomic E-state index is -0.897. The molecule has 2 aliphatic rings. The molecule has 0 unspecified atom stereocenters. The van der Waals surface area contributed by atoms with Crippen LogP contribution in [-0.2, 0) is 20.7 Å². The van der Waals surface area contributed by atoms with Gasteiger partial charge in [-0.25, -0.2) is 9.59 Å². The van der Waals surface area contributed by atoms with Gasteiger partial charge in [-0.05, 0) is 39.9 Å². The van der Waals surface area contributed by atoms with E-state index in [2.05, 4.69) is 29.6 Å². The van der Waals surface area contributed by atoms with Crippen LogP contribution in [0.2, 0.25) is 0 Å². The van der Waals surface area contributed by atoms with Crippen LogP contribution in [0.1, 0.15) is 22.6 Å². The van der Waals surface area contributed by atoms with Gasteiger partial charge in [-0.15, -0.1) is 0 Å². The lowest BCUT2D eigenvalue weighted by atomic mass is 9.98. The van der Waals surface area contributed by atoms with E-state index >= 15 is 0 Å². The van der Waals surface area contributed by atoms with Crippen molar-refractivity contribution in [2.75, 3.05) is 20.5 Å². The van der Waals surface area contributed by atoms with E-state index in [0.29, 0.717) is 11.5 Å². The van der Waals surface area contributed by atoms with E-state index in [1.165, 1.54) is 7.11 Å². The Morgan fingerprint density at radius 3 is 2.33 bits per heavy atom. The number of hydrogen-bond acceptors (Lipinski definition) is 6. The fourth-order valence-electron chi connectivity index (χ4n) is 4.42. The van der Waals surface area contributed by atoms with Gasteiger partial charge in [0.1, 0.15) is 12.6 Å². The second-order valence-corrected chi connectivity index (χ2v) is 7.94. The summed E-state index contributed by atoms with van der Waals surface area (Å²) in [5.74, 6) is 0.643. The Bertz CT molecular complexity index is 1160. The molecule has 5 rings (SSSR count). The van der Waals surface area contributed by atoms with Gasteiger partial charge in [-0.2, -0.15) is 0 Å². The third-order valence-corrected chi connectivity index (χ3v) is 6.00. The van der Waals surface area contributed by atoms with Crippen molar-refractivity contribution < 1.29 is 28.5 Å². The van der Waals surface area contributed by atoms with Crippen molar-refractivity contribution in [1.29, 1.82) is 0 Å². The highest BCUT2D eigenvalue weighted by atomic mass is 16.7. The summed E-state index contributed by atoms with van der Waals surface area (Å²) in [6.07, 6.45) is -0.443. The average molecular weight is 445 g/mol. The number of nitrogens with one attached hydrogen (secondary N) is 1. The normalized spacial score (nSPS) is 14.2. The molecule has 1 atom stereocenters. The van der Waals surface area contributed by atoms with Crippen LogP contribution in [0.3, 0.4) is 0 Å². The van der Waals surface area contributed by atoms with E-state index in [0.717, 1.165) is 27.8 Å². The summed E-state index contributed by atoms with van der Waals surface area (Å²) in [4.78, 5) is 25.0. The monoisotopic (exact) mass is 445 g/mol. The van der Waals surface area contributed by atoms with Crippen LogP contribution >= 0.6 is 0 Å². The van der Waals surface area contributed by atoms with Gasteiger partial charge in [-0.3, -0.25) is 0 Å². The molecule has 1 aliphatic heterocycles. The van der Waals surface area contributed by atoms with Gasteiger partial charge in [0.15, 0.2) is 11.5 Å². The maximum Gasteiger partial charge on any atom is 0.407 e. The second-order valence-electron chi connectivity index (χ2n) is 7.94. The van der Waals surface area contributed by atoms with Crippen molar-refractivity contribution in [3.8, 4) is 22.6 Å². The summed E-state index contributed by atoms with van der Waals surface area (Å²) in [5.41, 5.74) is 5.34. The molecule has 0 saturated heterocycles. The van der Waals surface area contributed by atoms with E-state index in [1.54, 1.807) is 12.1 Å². The quantitative estimate of drug-likeness (QED) is 0.577. The van der Waals surface area contributed by atoms with Crippen molar-refractivity contribution in [3.63, 3.8) is 0 Å². The van der Waals surface area contributed by atoms with Gasteiger partial charge in [0.25, 0.3) is 0 Å². The molecule has 0 bridgehead atoms. The zero-order valence-corrected chi connectivity index (χ0v) is 18.1. The molecule has 0 fully saturated rings. The van der Waals surface area contributed by atoms with E-state index in [-0.39, 0.29) is 25.7 Å². The Morgan fingerprint density at radius 1 is 0.970 bits per heavy atom. The third-order valence-electron chi connectivity index (χ3n) is 6.00. The van der Waals surface area contributed by atoms with Crippen LogP contribution < -0.4 is 14.8 Å². The number of rotatable bonds is 6. The fourth-order valence-corrected chi connectivity index (χ4v) is 4.42. The van der Waals surface area contributed by atoms with Crippen molar-refractivity contribution in [2.24, 2.45) is 0 Å². The SMILES string of the molecule is COC(=O)[C@H](Cc1ccc2c(c1)OCO2)NC(=O)OCC1c2ccccc2-c2ccccc21. The van der Waals surface area contributed by atoms with E-state index in [9.17, 15) is 9.59 Å². The summed E-state index contributed by atoms with van der Waals surface area (Å²) in [7, 11) is 1.29. The van der Waals surface area contributed by atoms with Gasteiger partial charge < -0.3 is 24.3 Å².